The van der Waals surface area contributed by atoms with Crippen LogP contribution in [0.4, 0.5) is 4.39 Å². The van der Waals surface area contributed by atoms with E-state index in [0.29, 0.717) is 22.6 Å². The smallest absolute Gasteiger partial charge is 0.235 e. The Morgan fingerprint density at radius 2 is 2.12 bits per heavy atom. The maximum atomic E-state index is 12.6. The molecule has 0 bridgehead atoms. The summed E-state index contributed by atoms with van der Waals surface area (Å²) in [5.74, 6) is 0.882. The van der Waals surface area contributed by atoms with E-state index in [1.165, 1.54) is 20.3 Å². The number of benzene rings is 1. The molecule has 0 aliphatic heterocycles. The molecule has 0 saturated carbocycles. The van der Waals surface area contributed by atoms with Crippen LogP contribution >= 0.6 is 0 Å². The van der Waals surface area contributed by atoms with Crippen molar-refractivity contribution in [3.05, 3.63) is 23.3 Å². The third-order valence-corrected chi connectivity index (χ3v) is 2.08. The van der Waals surface area contributed by atoms with Gasteiger partial charge in [-0.15, -0.1) is 0 Å². The molecule has 0 heterocycles. The molecule has 0 aromatic heterocycles. The van der Waals surface area contributed by atoms with Crippen LogP contribution < -0.4 is 9.47 Å². The molecule has 0 unspecified atom stereocenters. The Kier molecular flexibility index (Phi) is 4.48. The van der Waals surface area contributed by atoms with Crippen molar-refractivity contribution in [3.63, 3.8) is 0 Å². The molecule has 0 atom stereocenters. The van der Waals surface area contributed by atoms with Crippen LogP contribution in [0.2, 0.25) is 0 Å². The molecule has 0 spiro atoms. The van der Waals surface area contributed by atoms with Gasteiger partial charge in [-0.25, -0.2) is 14.2 Å². The minimum absolute atomic E-state index is 0.0941. The molecule has 0 amide bonds. The molecule has 1 aromatic carbocycles. The largest absolute Gasteiger partial charge is 0.493 e. The number of methoxy groups -OCH3 is 2. The molecule has 4 nitrogen and oxygen atoms in total. The number of alkyl halides is 1. The Morgan fingerprint density at radius 3 is 2.62 bits per heavy atom. The molecule has 16 heavy (non-hydrogen) atoms. The van der Waals surface area contributed by atoms with E-state index in [2.05, 4.69) is 4.99 Å². The van der Waals surface area contributed by atoms with E-state index < -0.39 is 6.67 Å². The van der Waals surface area contributed by atoms with E-state index in [0.717, 1.165) is 0 Å². The lowest BCUT2D eigenvalue weighted by molar-refractivity contribution is 0.350. The Labute approximate surface area is 92.7 Å². The van der Waals surface area contributed by atoms with Crippen molar-refractivity contribution >= 4 is 6.08 Å². The molecular formula is C11H12FNO3. The molecule has 1 rings (SSSR count). The minimum Gasteiger partial charge on any atom is -0.493 e. The summed E-state index contributed by atoms with van der Waals surface area (Å²) in [6, 6.07) is 3.13. The highest BCUT2D eigenvalue weighted by molar-refractivity contribution is 5.50. The zero-order valence-electron chi connectivity index (χ0n) is 9.12. The summed E-state index contributed by atoms with van der Waals surface area (Å²) in [6.45, 7) is -0.519. The summed E-state index contributed by atoms with van der Waals surface area (Å²) >= 11 is 0. The quantitative estimate of drug-likeness (QED) is 0.569. The predicted octanol–water partition coefficient (Wildman–Crippen LogP) is 2.01. The maximum absolute atomic E-state index is 12.6. The predicted molar refractivity (Wildman–Crippen MR) is 56.2 cm³/mol. The Bertz CT molecular complexity index is 414. The lowest BCUT2D eigenvalue weighted by Crippen LogP contribution is -1.97. The normalized spacial score (nSPS) is 9.44. The molecule has 0 saturated heterocycles. The number of isocyanates is 1. The standard InChI is InChI=1S/C11H12FNO3/c1-15-10-4-8(5-12)3-9(6-13-7-14)11(10)16-2/h3-4H,5-6H2,1-2H3. The van der Waals surface area contributed by atoms with E-state index in [1.54, 1.807) is 12.1 Å². The average Bonchev–Trinajstić information content (AvgIpc) is 2.34. The van der Waals surface area contributed by atoms with Crippen LogP contribution in [0.25, 0.3) is 0 Å². The number of rotatable bonds is 5. The fraction of sp³-hybridized carbons (Fsp3) is 0.364. The van der Waals surface area contributed by atoms with E-state index >= 15 is 0 Å². The first-order valence-corrected chi connectivity index (χ1v) is 4.60. The fourth-order valence-electron chi connectivity index (χ4n) is 1.42. The van der Waals surface area contributed by atoms with Crippen molar-refractivity contribution in [2.75, 3.05) is 14.2 Å². The zero-order chi connectivity index (χ0) is 12.0. The molecule has 1 aromatic rings. The molecule has 0 fully saturated rings. The number of ether oxygens (including phenoxy) is 2. The van der Waals surface area contributed by atoms with Crippen LogP contribution in [0.5, 0.6) is 11.5 Å². The van der Waals surface area contributed by atoms with Crippen molar-refractivity contribution < 1.29 is 18.7 Å². The van der Waals surface area contributed by atoms with E-state index in [9.17, 15) is 9.18 Å². The van der Waals surface area contributed by atoms with Crippen LogP contribution in [-0.2, 0) is 18.0 Å². The van der Waals surface area contributed by atoms with Crippen LogP contribution in [-0.4, -0.2) is 20.3 Å². The molecule has 86 valence electrons. The van der Waals surface area contributed by atoms with Crippen molar-refractivity contribution in [2.24, 2.45) is 4.99 Å². The summed E-state index contributed by atoms with van der Waals surface area (Å²) < 4.78 is 22.8. The molecule has 0 aliphatic rings. The molecule has 0 N–H and O–H groups in total. The average molecular weight is 225 g/mol. The number of aliphatic imine (C=N–C) groups is 1. The first-order chi connectivity index (χ1) is 7.76. The Morgan fingerprint density at radius 1 is 1.38 bits per heavy atom. The van der Waals surface area contributed by atoms with E-state index in [-0.39, 0.29) is 6.54 Å². The van der Waals surface area contributed by atoms with E-state index in [1.807, 2.05) is 0 Å². The first kappa shape index (κ1) is 12.2. The molecular weight excluding hydrogens is 213 g/mol. The zero-order valence-corrected chi connectivity index (χ0v) is 9.12. The summed E-state index contributed by atoms with van der Waals surface area (Å²) in [6.07, 6.45) is 1.43. The van der Waals surface area contributed by atoms with Crippen LogP contribution in [0.1, 0.15) is 11.1 Å². The van der Waals surface area contributed by atoms with Gasteiger partial charge in [0, 0.05) is 5.56 Å². The highest BCUT2D eigenvalue weighted by Gasteiger charge is 2.11. The highest BCUT2D eigenvalue weighted by Crippen LogP contribution is 2.33. The summed E-state index contributed by atoms with van der Waals surface area (Å²) in [5, 5.41) is 0. The summed E-state index contributed by atoms with van der Waals surface area (Å²) in [7, 11) is 2.94. The summed E-state index contributed by atoms with van der Waals surface area (Å²) in [4.78, 5) is 13.5. The van der Waals surface area contributed by atoms with E-state index in [4.69, 9.17) is 9.47 Å². The van der Waals surface area contributed by atoms with Crippen molar-refractivity contribution in [1.82, 2.24) is 0 Å². The van der Waals surface area contributed by atoms with Gasteiger partial charge in [0.15, 0.2) is 11.5 Å². The maximum Gasteiger partial charge on any atom is 0.235 e. The van der Waals surface area contributed by atoms with Gasteiger partial charge >= 0.3 is 0 Å². The van der Waals surface area contributed by atoms with Crippen LogP contribution in [0.3, 0.4) is 0 Å². The second-order valence-electron chi connectivity index (χ2n) is 3.03. The van der Waals surface area contributed by atoms with Gasteiger partial charge < -0.3 is 9.47 Å². The number of halogens is 1. The number of hydrogen-bond donors (Lipinski definition) is 0. The number of carbonyl (C=O) groups excluding carboxylic acids is 1. The third kappa shape index (κ3) is 2.58. The van der Waals surface area contributed by atoms with Crippen molar-refractivity contribution in [1.29, 1.82) is 0 Å². The van der Waals surface area contributed by atoms with Crippen molar-refractivity contribution in [3.8, 4) is 11.5 Å². The minimum atomic E-state index is -0.613. The van der Waals surface area contributed by atoms with Gasteiger partial charge in [0.2, 0.25) is 6.08 Å². The Hall–Kier alpha value is -1.87. The Balaban J connectivity index is 3.24. The lowest BCUT2D eigenvalue weighted by Gasteiger charge is -2.12. The molecule has 0 aliphatic carbocycles. The number of nitrogens with zero attached hydrogens (tertiary/aromatic N) is 1. The topological polar surface area (TPSA) is 47.9 Å². The van der Waals surface area contributed by atoms with Gasteiger partial charge in [0.05, 0.1) is 20.8 Å². The van der Waals surface area contributed by atoms with Gasteiger partial charge in [-0.2, -0.15) is 0 Å². The first-order valence-electron chi connectivity index (χ1n) is 4.60. The van der Waals surface area contributed by atoms with Gasteiger partial charge in [0.1, 0.15) is 6.67 Å². The SMILES string of the molecule is COc1cc(CF)cc(CN=C=O)c1OC. The third-order valence-electron chi connectivity index (χ3n) is 2.08. The van der Waals surface area contributed by atoms with Gasteiger partial charge in [0.25, 0.3) is 0 Å². The summed E-state index contributed by atoms with van der Waals surface area (Å²) in [5.41, 5.74) is 1.05. The van der Waals surface area contributed by atoms with Gasteiger partial charge in [-0.3, -0.25) is 0 Å². The monoisotopic (exact) mass is 225 g/mol. The van der Waals surface area contributed by atoms with Crippen LogP contribution in [0.15, 0.2) is 17.1 Å². The fourth-order valence-corrected chi connectivity index (χ4v) is 1.42. The van der Waals surface area contributed by atoms with Crippen LogP contribution in [0, 0.1) is 0 Å². The number of hydrogen-bond acceptors (Lipinski definition) is 4. The molecule has 5 heteroatoms. The van der Waals surface area contributed by atoms with Crippen molar-refractivity contribution in [2.45, 2.75) is 13.2 Å². The second-order valence-corrected chi connectivity index (χ2v) is 3.03. The highest BCUT2D eigenvalue weighted by atomic mass is 19.1. The second kappa shape index (κ2) is 5.88. The van der Waals surface area contributed by atoms with Gasteiger partial charge in [-0.05, 0) is 17.7 Å². The lowest BCUT2D eigenvalue weighted by atomic mass is 10.1. The van der Waals surface area contributed by atoms with Gasteiger partial charge in [-0.1, -0.05) is 0 Å². The molecule has 0 radical (unpaired) electrons.